The summed E-state index contributed by atoms with van der Waals surface area (Å²) in [4.78, 5) is 9.89. The predicted molar refractivity (Wildman–Crippen MR) is 60.6 cm³/mol. The number of hydrogen-bond acceptors (Lipinski definition) is 5. The van der Waals surface area contributed by atoms with E-state index in [0.29, 0.717) is 6.61 Å². The lowest BCUT2D eigenvalue weighted by Crippen LogP contribution is -2.22. The van der Waals surface area contributed by atoms with Gasteiger partial charge in [0.2, 0.25) is 0 Å². The molecule has 0 fully saturated rings. The average molecular weight is 243 g/mol. The minimum Gasteiger partial charge on any atom is -0.389 e. The van der Waals surface area contributed by atoms with Crippen LogP contribution in [0.15, 0.2) is 12.4 Å². The van der Waals surface area contributed by atoms with Gasteiger partial charge in [-0.2, -0.15) is 5.10 Å². The maximum atomic E-state index is 10.4. The summed E-state index contributed by atoms with van der Waals surface area (Å²) in [7, 11) is 0. The Labute approximate surface area is 99.2 Å². The SMILES string of the molecule is CCCCOCC(O)Cn1cc([N+](=O)[O-])cn1. The Bertz CT molecular complexity index is 353. The van der Waals surface area contributed by atoms with E-state index < -0.39 is 11.0 Å². The molecular formula is C10H17N3O4. The van der Waals surface area contributed by atoms with Crippen LogP contribution in [0.1, 0.15) is 19.8 Å². The Balaban J connectivity index is 2.29. The summed E-state index contributed by atoms with van der Waals surface area (Å²) in [5.41, 5.74) is -0.0795. The van der Waals surface area contributed by atoms with Crippen LogP contribution in [-0.2, 0) is 11.3 Å². The van der Waals surface area contributed by atoms with Crippen molar-refractivity contribution >= 4 is 5.69 Å². The van der Waals surface area contributed by atoms with E-state index in [4.69, 9.17) is 4.74 Å². The van der Waals surface area contributed by atoms with Crippen molar-refractivity contribution in [1.82, 2.24) is 9.78 Å². The van der Waals surface area contributed by atoms with Crippen LogP contribution in [-0.4, -0.2) is 39.1 Å². The van der Waals surface area contributed by atoms with Crippen LogP contribution in [0.25, 0.3) is 0 Å². The highest BCUT2D eigenvalue weighted by atomic mass is 16.6. The molecule has 17 heavy (non-hydrogen) atoms. The molecular weight excluding hydrogens is 226 g/mol. The molecule has 7 heteroatoms. The number of nitro groups is 1. The molecule has 0 bridgehead atoms. The van der Waals surface area contributed by atoms with Gasteiger partial charge in [0, 0.05) is 6.61 Å². The second kappa shape index (κ2) is 6.97. The van der Waals surface area contributed by atoms with E-state index in [1.807, 2.05) is 0 Å². The molecule has 1 aromatic heterocycles. The fraction of sp³-hybridized carbons (Fsp3) is 0.700. The topological polar surface area (TPSA) is 90.4 Å². The number of ether oxygens (including phenoxy) is 1. The number of aliphatic hydroxyl groups excluding tert-OH is 1. The van der Waals surface area contributed by atoms with Crippen LogP contribution in [0, 0.1) is 10.1 Å². The molecule has 96 valence electrons. The third-order valence-corrected chi connectivity index (χ3v) is 2.18. The van der Waals surface area contributed by atoms with Crippen molar-refractivity contribution in [2.45, 2.75) is 32.4 Å². The van der Waals surface area contributed by atoms with Gasteiger partial charge in [-0.15, -0.1) is 0 Å². The van der Waals surface area contributed by atoms with Crippen LogP contribution >= 0.6 is 0 Å². The van der Waals surface area contributed by atoms with Gasteiger partial charge in [0.05, 0.1) is 24.2 Å². The Morgan fingerprint density at radius 3 is 3.06 bits per heavy atom. The summed E-state index contributed by atoms with van der Waals surface area (Å²) < 4.78 is 6.58. The van der Waals surface area contributed by atoms with E-state index in [1.165, 1.54) is 10.9 Å². The van der Waals surface area contributed by atoms with E-state index >= 15 is 0 Å². The van der Waals surface area contributed by atoms with Crippen LogP contribution in [0.2, 0.25) is 0 Å². The first-order valence-corrected chi connectivity index (χ1v) is 5.56. The highest BCUT2D eigenvalue weighted by molar-refractivity contribution is 5.20. The molecule has 1 rings (SSSR count). The minimum atomic E-state index is -0.702. The minimum absolute atomic E-state index is 0.0795. The second-order valence-electron chi connectivity index (χ2n) is 3.76. The Hall–Kier alpha value is -1.47. The molecule has 0 aliphatic rings. The zero-order chi connectivity index (χ0) is 12.7. The fourth-order valence-electron chi connectivity index (χ4n) is 1.28. The standard InChI is InChI=1S/C10H17N3O4/c1-2-3-4-17-8-10(14)7-12-6-9(5-11-12)13(15)16/h5-6,10,14H,2-4,7-8H2,1H3. The first-order valence-electron chi connectivity index (χ1n) is 5.56. The number of nitrogens with zero attached hydrogens (tertiary/aromatic N) is 3. The number of aromatic nitrogens is 2. The summed E-state index contributed by atoms with van der Waals surface area (Å²) in [5, 5.41) is 23.8. The summed E-state index contributed by atoms with van der Waals surface area (Å²) >= 11 is 0. The van der Waals surface area contributed by atoms with Gasteiger partial charge in [0.15, 0.2) is 0 Å². The van der Waals surface area contributed by atoms with Gasteiger partial charge in [0.1, 0.15) is 12.4 Å². The van der Waals surface area contributed by atoms with E-state index in [0.717, 1.165) is 19.0 Å². The number of hydrogen-bond donors (Lipinski definition) is 1. The monoisotopic (exact) mass is 243 g/mol. The van der Waals surface area contributed by atoms with Gasteiger partial charge in [-0.1, -0.05) is 13.3 Å². The van der Waals surface area contributed by atoms with Gasteiger partial charge in [-0.3, -0.25) is 14.8 Å². The average Bonchev–Trinajstić information content (AvgIpc) is 2.73. The van der Waals surface area contributed by atoms with Crippen molar-refractivity contribution in [3.05, 3.63) is 22.5 Å². The molecule has 1 atom stereocenters. The zero-order valence-corrected chi connectivity index (χ0v) is 9.78. The summed E-state index contributed by atoms with van der Waals surface area (Å²) in [6.07, 6.45) is 3.74. The first kappa shape index (κ1) is 13.6. The highest BCUT2D eigenvalue weighted by Crippen LogP contribution is 2.08. The first-order chi connectivity index (χ1) is 8.13. The maximum absolute atomic E-state index is 10.4. The Kier molecular flexibility index (Phi) is 5.58. The molecule has 0 radical (unpaired) electrons. The molecule has 0 amide bonds. The third-order valence-electron chi connectivity index (χ3n) is 2.18. The molecule has 7 nitrogen and oxygen atoms in total. The quantitative estimate of drug-likeness (QED) is 0.417. The van der Waals surface area contributed by atoms with E-state index in [9.17, 15) is 15.2 Å². The van der Waals surface area contributed by atoms with E-state index in [2.05, 4.69) is 12.0 Å². The van der Waals surface area contributed by atoms with Crippen LogP contribution in [0.3, 0.4) is 0 Å². The Morgan fingerprint density at radius 2 is 2.47 bits per heavy atom. The van der Waals surface area contributed by atoms with Crippen LogP contribution < -0.4 is 0 Å². The lowest BCUT2D eigenvalue weighted by atomic mass is 10.3. The summed E-state index contributed by atoms with van der Waals surface area (Å²) in [6.45, 7) is 3.09. The van der Waals surface area contributed by atoms with Crippen molar-refractivity contribution in [3.63, 3.8) is 0 Å². The van der Waals surface area contributed by atoms with Gasteiger partial charge >= 0.3 is 5.69 Å². The van der Waals surface area contributed by atoms with Crippen molar-refractivity contribution in [3.8, 4) is 0 Å². The summed E-state index contributed by atoms with van der Waals surface area (Å²) in [6, 6.07) is 0. The molecule has 1 N–H and O–H groups in total. The van der Waals surface area contributed by atoms with Crippen molar-refractivity contribution in [2.75, 3.05) is 13.2 Å². The molecule has 0 spiro atoms. The highest BCUT2D eigenvalue weighted by Gasteiger charge is 2.11. The number of rotatable bonds is 8. The summed E-state index contributed by atoms with van der Waals surface area (Å²) in [5.74, 6) is 0. The van der Waals surface area contributed by atoms with Gasteiger partial charge < -0.3 is 9.84 Å². The number of unbranched alkanes of at least 4 members (excludes halogenated alkanes) is 1. The molecule has 0 saturated heterocycles. The van der Waals surface area contributed by atoms with Crippen molar-refractivity contribution < 1.29 is 14.8 Å². The fourth-order valence-corrected chi connectivity index (χ4v) is 1.28. The van der Waals surface area contributed by atoms with Crippen LogP contribution in [0.4, 0.5) is 5.69 Å². The zero-order valence-electron chi connectivity index (χ0n) is 9.78. The van der Waals surface area contributed by atoms with Gasteiger partial charge in [-0.25, -0.2) is 0 Å². The molecule has 0 saturated carbocycles. The van der Waals surface area contributed by atoms with Crippen molar-refractivity contribution in [2.24, 2.45) is 0 Å². The Morgan fingerprint density at radius 1 is 1.71 bits per heavy atom. The molecule has 1 unspecified atom stereocenters. The lowest BCUT2D eigenvalue weighted by molar-refractivity contribution is -0.385. The molecule has 0 aliphatic carbocycles. The predicted octanol–water partition coefficient (Wildman–Crippen LogP) is 0.969. The largest absolute Gasteiger partial charge is 0.389 e. The second-order valence-corrected chi connectivity index (χ2v) is 3.76. The smallest absolute Gasteiger partial charge is 0.306 e. The molecule has 1 aromatic rings. The van der Waals surface area contributed by atoms with Gasteiger partial charge in [-0.05, 0) is 6.42 Å². The van der Waals surface area contributed by atoms with Gasteiger partial charge in [0.25, 0.3) is 0 Å². The third kappa shape index (κ3) is 4.92. The van der Waals surface area contributed by atoms with Crippen LogP contribution in [0.5, 0.6) is 0 Å². The van der Waals surface area contributed by atoms with Crippen molar-refractivity contribution in [1.29, 1.82) is 0 Å². The maximum Gasteiger partial charge on any atom is 0.306 e. The molecule has 1 heterocycles. The number of aliphatic hydroxyl groups is 1. The molecule has 0 aliphatic heterocycles. The normalized spacial score (nSPS) is 12.6. The lowest BCUT2D eigenvalue weighted by Gasteiger charge is -2.10. The molecule has 0 aromatic carbocycles. The van der Waals surface area contributed by atoms with E-state index in [-0.39, 0.29) is 18.8 Å². The van der Waals surface area contributed by atoms with E-state index in [1.54, 1.807) is 0 Å².